The Bertz CT molecular complexity index is 720. The van der Waals surface area contributed by atoms with Crippen LogP contribution in [0.1, 0.15) is 23.1 Å². The van der Waals surface area contributed by atoms with Gasteiger partial charge in [0.1, 0.15) is 5.75 Å². The number of hydrogen-bond acceptors (Lipinski definition) is 3. The van der Waals surface area contributed by atoms with E-state index in [1.54, 1.807) is 7.11 Å². The topological polar surface area (TPSA) is 68.9 Å². The molecule has 6 heteroatoms. The quantitative estimate of drug-likeness (QED) is 0.262. The molecule has 5 nitrogen and oxygen atoms in total. The van der Waals surface area contributed by atoms with Gasteiger partial charge in [-0.05, 0) is 54.8 Å². The molecule has 0 fully saturated rings. The van der Waals surface area contributed by atoms with E-state index in [2.05, 4.69) is 36.3 Å². The minimum atomic E-state index is 0. The number of ether oxygens (including phenoxy) is 2. The Morgan fingerprint density at radius 3 is 2.62 bits per heavy atom. The minimum absolute atomic E-state index is 0. The van der Waals surface area contributed by atoms with Gasteiger partial charge in [0.05, 0.1) is 13.2 Å². The third-order valence-corrected chi connectivity index (χ3v) is 3.87. The summed E-state index contributed by atoms with van der Waals surface area (Å²) >= 11 is 0. The zero-order valence-corrected chi connectivity index (χ0v) is 17.9. The van der Waals surface area contributed by atoms with Crippen LogP contribution < -0.4 is 15.8 Å². The van der Waals surface area contributed by atoms with E-state index in [-0.39, 0.29) is 24.0 Å². The van der Waals surface area contributed by atoms with E-state index in [1.165, 1.54) is 11.1 Å². The van der Waals surface area contributed by atoms with E-state index in [9.17, 15) is 0 Å². The van der Waals surface area contributed by atoms with E-state index < -0.39 is 0 Å². The van der Waals surface area contributed by atoms with Crippen molar-refractivity contribution < 1.29 is 9.47 Å². The molecule has 0 atom stereocenters. The molecule has 142 valence electrons. The third kappa shape index (κ3) is 7.61. The van der Waals surface area contributed by atoms with Crippen molar-refractivity contribution in [3.63, 3.8) is 0 Å². The number of halogens is 1. The third-order valence-electron chi connectivity index (χ3n) is 3.87. The second-order valence-corrected chi connectivity index (χ2v) is 5.97. The highest BCUT2D eigenvalue weighted by Gasteiger charge is 2.00. The van der Waals surface area contributed by atoms with Gasteiger partial charge in [0.15, 0.2) is 5.96 Å². The fraction of sp³-hybridized carbons (Fsp3) is 0.350. The van der Waals surface area contributed by atoms with Crippen molar-refractivity contribution in [1.82, 2.24) is 0 Å². The van der Waals surface area contributed by atoms with Gasteiger partial charge in [-0.1, -0.05) is 18.2 Å². The summed E-state index contributed by atoms with van der Waals surface area (Å²) in [5, 5.41) is 3.13. The van der Waals surface area contributed by atoms with Gasteiger partial charge in [-0.25, -0.2) is 4.99 Å². The average Bonchev–Trinajstić information content (AvgIpc) is 2.61. The van der Waals surface area contributed by atoms with Crippen LogP contribution in [0.2, 0.25) is 0 Å². The van der Waals surface area contributed by atoms with Crippen LogP contribution >= 0.6 is 24.0 Å². The van der Waals surface area contributed by atoms with E-state index >= 15 is 0 Å². The number of guanidine groups is 1. The predicted octanol–water partition coefficient (Wildman–Crippen LogP) is 4.26. The number of nitrogens with one attached hydrogen (secondary N) is 1. The lowest BCUT2D eigenvalue weighted by Gasteiger charge is -2.09. The fourth-order valence-corrected chi connectivity index (χ4v) is 2.31. The van der Waals surface area contributed by atoms with E-state index in [4.69, 9.17) is 15.2 Å². The molecule has 0 saturated carbocycles. The molecule has 0 heterocycles. The number of rotatable bonds is 8. The number of nitrogens with zero attached hydrogens (tertiary/aromatic N) is 1. The van der Waals surface area contributed by atoms with Gasteiger partial charge in [0.2, 0.25) is 0 Å². The van der Waals surface area contributed by atoms with Crippen LogP contribution in [0, 0.1) is 13.8 Å². The summed E-state index contributed by atoms with van der Waals surface area (Å²) in [6.45, 7) is 5.99. The first-order valence-corrected chi connectivity index (χ1v) is 8.43. The minimum Gasteiger partial charge on any atom is -0.493 e. The smallest absolute Gasteiger partial charge is 0.193 e. The van der Waals surface area contributed by atoms with Crippen LogP contribution in [0.3, 0.4) is 0 Å². The first-order chi connectivity index (χ1) is 12.1. The lowest BCUT2D eigenvalue weighted by atomic mass is 10.1. The highest BCUT2D eigenvalue weighted by Crippen LogP contribution is 2.15. The largest absolute Gasteiger partial charge is 0.493 e. The number of nitrogens with two attached hydrogens (primary N) is 1. The molecule has 2 rings (SSSR count). The Labute approximate surface area is 173 Å². The second-order valence-electron chi connectivity index (χ2n) is 5.97. The normalized spacial score (nSPS) is 11.0. The molecular weight excluding hydrogens is 441 g/mol. The van der Waals surface area contributed by atoms with Gasteiger partial charge in [-0.3, -0.25) is 0 Å². The Kier molecular flexibility index (Phi) is 10.0. The van der Waals surface area contributed by atoms with Crippen LogP contribution in [0.4, 0.5) is 5.69 Å². The van der Waals surface area contributed by atoms with Gasteiger partial charge in [-0.15, -0.1) is 24.0 Å². The average molecular weight is 469 g/mol. The van der Waals surface area contributed by atoms with Crippen molar-refractivity contribution in [2.45, 2.75) is 26.8 Å². The standard InChI is InChI=1S/C20H27N3O2.HI/c1-15-8-9-18(12-16(15)2)23-20(21)22-14-17-6-4-7-19(13-17)25-11-5-10-24-3;/h4,6-9,12-13H,5,10-11,14H2,1-3H3,(H3,21,22,23);1H. The van der Waals surface area contributed by atoms with Crippen molar-refractivity contribution in [3.8, 4) is 5.75 Å². The second kappa shape index (κ2) is 11.7. The van der Waals surface area contributed by atoms with E-state index in [0.717, 1.165) is 23.4 Å². The fourth-order valence-electron chi connectivity index (χ4n) is 2.31. The number of methoxy groups -OCH3 is 1. The Balaban J connectivity index is 0.00000338. The van der Waals surface area contributed by atoms with Crippen LogP contribution in [0.15, 0.2) is 47.5 Å². The Morgan fingerprint density at radius 1 is 1.08 bits per heavy atom. The zero-order valence-electron chi connectivity index (χ0n) is 15.6. The maximum Gasteiger partial charge on any atom is 0.193 e. The Hall–Kier alpha value is -1.80. The maximum absolute atomic E-state index is 5.99. The SMILES string of the molecule is COCCCOc1cccc(CN=C(N)Nc2ccc(C)c(C)c2)c1.I. The predicted molar refractivity (Wildman–Crippen MR) is 119 cm³/mol. The molecule has 26 heavy (non-hydrogen) atoms. The first kappa shape index (κ1) is 22.2. The molecule has 0 spiro atoms. The van der Waals surface area contributed by atoms with Crippen molar-refractivity contribution in [2.75, 3.05) is 25.6 Å². The zero-order chi connectivity index (χ0) is 18.1. The summed E-state index contributed by atoms with van der Waals surface area (Å²) in [5.74, 6) is 1.24. The summed E-state index contributed by atoms with van der Waals surface area (Å²) in [5.41, 5.74) is 10.5. The molecule has 0 unspecified atom stereocenters. The van der Waals surface area contributed by atoms with E-state index in [0.29, 0.717) is 25.7 Å². The lowest BCUT2D eigenvalue weighted by molar-refractivity contribution is 0.172. The monoisotopic (exact) mass is 469 g/mol. The molecule has 0 aliphatic carbocycles. The summed E-state index contributed by atoms with van der Waals surface area (Å²) in [4.78, 5) is 4.40. The lowest BCUT2D eigenvalue weighted by Crippen LogP contribution is -2.22. The number of anilines is 1. The molecule has 0 bridgehead atoms. The first-order valence-electron chi connectivity index (χ1n) is 8.43. The number of benzene rings is 2. The van der Waals surface area contributed by atoms with Crippen molar-refractivity contribution in [2.24, 2.45) is 10.7 Å². The summed E-state index contributed by atoms with van der Waals surface area (Å²) in [7, 11) is 1.69. The maximum atomic E-state index is 5.99. The summed E-state index contributed by atoms with van der Waals surface area (Å²) in [6.07, 6.45) is 0.867. The highest BCUT2D eigenvalue weighted by atomic mass is 127. The van der Waals surface area contributed by atoms with Crippen molar-refractivity contribution >= 4 is 35.6 Å². The van der Waals surface area contributed by atoms with Gasteiger partial charge in [-0.2, -0.15) is 0 Å². The molecule has 0 saturated heterocycles. The molecule has 2 aromatic carbocycles. The number of aryl methyl sites for hydroxylation is 2. The van der Waals surface area contributed by atoms with Gasteiger partial charge >= 0.3 is 0 Å². The molecule has 2 aromatic rings. The van der Waals surface area contributed by atoms with E-state index in [1.807, 2.05) is 30.3 Å². The van der Waals surface area contributed by atoms with Gasteiger partial charge < -0.3 is 20.5 Å². The molecule has 0 aliphatic heterocycles. The molecule has 0 radical (unpaired) electrons. The molecule has 3 N–H and O–H groups in total. The van der Waals surface area contributed by atoms with Crippen LogP contribution in [0.25, 0.3) is 0 Å². The van der Waals surface area contributed by atoms with Gasteiger partial charge in [0.25, 0.3) is 0 Å². The summed E-state index contributed by atoms with van der Waals surface area (Å²) < 4.78 is 10.7. The Morgan fingerprint density at radius 2 is 1.88 bits per heavy atom. The molecular formula is C20H28IN3O2. The van der Waals surface area contributed by atoms with Crippen molar-refractivity contribution in [3.05, 3.63) is 59.2 Å². The van der Waals surface area contributed by atoms with Gasteiger partial charge in [0, 0.05) is 25.8 Å². The molecule has 0 amide bonds. The summed E-state index contributed by atoms with van der Waals surface area (Å²) in [6, 6.07) is 14.0. The number of aliphatic imine (C=N–C) groups is 1. The molecule has 0 aliphatic rings. The van der Waals surface area contributed by atoms with Crippen LogP contribution in [-0.2, 0) is 11.3 Å². The molecule has 0 aromatic heterocycles. The van der Waals surface area contributed by atoms with Crippen LogP contribution in [0.5, 0.6) is 5.75 Å². The van der Waals surface area contributed by atoms with Crippen LogP contribution in [-0.4, -0.2) is 26.3 Å². The van der Waals surface area contributed by atoms with Crippen molar-refractivity contribution in [1.29, 1.82) is 0 Å². The number of hydrogen-bond donors (Lipinski definition) is 2. The highest BCUT2D eigenvalue weighted by molar-refractivity contribution is 14.0.